The summed E-state index contributed by atoms with van der Waals surface area (Å²) in [5.74, 6) is 0.794. The summed E-state index contributed by atoms with van der Waals surface area (Å²) in [4.78, 5) is 30.7. The highest BCUT2D eigenvalue weighted by molar-refractivity contribution is 5.94. The summed E-state index contributed by atoms with van der Waals surface area (Å²) in [6, 6.07) is 11.4. The van der Waals surface area contributed by atoms with Gasteiger partial charge in [0.25, 0.3) is 5.91 Å². The van der Waals surface area contributed by atoms with Crippen LogP contribution in [0.15, 0.2) is 42.6 Å². The lowest BCUT2D eigenvalue weighted by Crippen LogP contribution is -2.38. The molecule has 1 N–H and O–H groups in total. The van der Waals surface area contributed by atoms with E-state index >= 15 is 0 Å². The van der Waals surface area contributed by atoms with Crippen LogP contribution in [0.3, 0.4) is 0 Å². The zero-order valence-corrected chi connectivity index (χ0v) is 15.8. The molecule has 0 unspecified atom stereocenters. The third-order valence-corrected chi connectivity index (χ3v) is 4.80. The van der Waals surface area contributed by atoms with E-state index in [-0.39, 0.29) is 17.9 Å². The molecule has 1 aliphatic rings. The first-order chi connectivity index (χ1) is 13.0. The highest BCUT2D eigenvalue weighted by Crippen LogP contribution is 2.15. The van der Waals surface area contributed by atoms with E-state index in [0.29, 0.717) is 31.5 Å². The Morgan fingerprint density at radius 1 is 1.22 bits per heavy atom. The van der Waals surface area contributed by atoms with Crippen LogP contribution < -0.4 is 10.1 Å². The molecule has 1 aromatic heterocycles. The van der Waals surface area contributed by atoms with Crippen LogP contribution >= 0.6 is 0 Å². The zero-order chi connectivity index (χ0) is 19.2. The van der Waals surface area contributed by atoms with Crippen molar-refractivity contribution in [3.8, 4) is 5.75 Å². The van der Waals surface area contributed by atoms with E-state index in [1.165, 1.54) is 0 Å². The van der Waals surface area contributed by atoms with Crippen molar-refractivity contribution in [3.05, 3.63) is 59.4 Å². The molecule has 0 aliphatic carbocycles. The van der Waals surface area contributed by atoms with Gasteiger partial charge in [-0.15, -0.1) is 0 Å². The summed E-state index contributed by atoms with van der Waals surface area (Å²) in [6.07, 6.45) is 3.50. The predicted molar refractivity (Wildman–Crippen MR) is 103 cm³/mol. The number of methoxy groups -OCH3 is 1. The number of nitrogens with zero attached hydrogens (tertiary/aromatic N) is 2. The molecule has 142 valence electrons. The summed E-state index contributed by atoms with van der Waals surface area (Å²) in [6.45, 7) is 3.08. The van der Waals surface area contributed by atoms with Crippen LogP contribution in [0.4, 0.5) is 0 Å². The number of pyridine rings is 1. The highest BCUT2D eigenvalue weighted by Gasteiger charge is 2.27. The number of benzene rings is 1. The smallest absolute Gasteiger partial charge is 0.255 e. The molecule has 6 heteroatoms. The molecule has 0 saturated carbocycles. The monoisotopic (exact) mass is 367 g/mol. The van der Waals surface area contributed by atoms with Crippen molar-refractivity contribution < 1.29 is 14.3 Å². The van der Waals surface area contributed by atoms with Crippen LogP contribution in [0.2, 0.25) is 0 Å². The maximum absolute atomic E-state index is 12.5. The number of carbonyl (C=O) groups is 2. The van der Waals surface area contributed by atoms with Crippen molar-refractivity contribution in [2.24, 2.45) is 0 Å². The SMILES string of the molecule is COc1ccc(CCC(=O)N[C@@H]2CCN(C(=O)c3ccc(C)nc3)C2)cc1. The van der Waals surface area contributed by atoms with Crippen molar-refractivity contribution >= 4 is 11.8 Å². The number of amides is 2. The molecule has 1 aromatic carbocycles. The van der Waals surface area contributed by atoms with Crippen molar-refractivity contribution in [2.75, 3.05) is 20.2 Å². The average Bonchev–Trinajstić information content (AvgIpc) is 3.15. The molecule has 0 spiro atoms. The van der Waals surface area contributed by atoms with Gasteiger partial charge < -0.3 is 15.0 Å². The summed E-state index contributed by atoms with van der Waals surface area (Å²) in [7, 11) is 1.63. The number of aromatic nitrogens is 1. The quantitative estimate of drug-likeness (QED) is 0.851. The van der Waals surface area contributed by atoms with Gasteiger partial charge >= 0.3 is 0 Å². The van der Waals surface area contributed by atoms with E-state index in [1.54, 1.807) is 24.3 Å². The van der Waals surface area contributed by atoms with Crippen LogP contribution in [0.1, 0.15) is 34.5 Å². The van der Waals surface area contributed by atoms with E-state index in [0.717, 1.165) is 23.4 Å². The second kappa shape index (κ2) is 8.66. The number of aryl methyl sites for hydroxylation is 2. The molecule has 0 bridgehead atoms. The van der Waals surface area contributed by atoms with Gasteiger partial charge in [0.05, 0.1) is 12.7 Å². The Hall–Kier alpha value is -2.89. The van der Waals surface area contributed by atoms with Gasteiger partial charge in [0.1, 0.15) is 5.75 Å². The molecule has 1 saturated heterocycles. The van der Waals surface area contributed by atoms with E-state index in [2.05, 4.69) is 10.3 Å². The van der Waals surface area contributed by atoms with Crippen LogP contribution in [0.25, 0.3) is 0 Å². The first kappa shape index (κ1) is 18.9. The van der Waals surface area contributed by atoms with Crippen LogP contribution in [0.5, 0.6) is 5.75 Å². The lowest BCUT2D eigenvalue weighted by molar-refractivity contribution is -0.121. The standard InChI is InChI=1S/C21H25N3O3/c1-15-3-7-17(13-22-15)21(26)24-12-11-18(14-24)23-20(25)10-6-16-4-8-19(27-2)9-5-16/h3-5,7-9,13,18H,6,10-12,14H2,1-2H3,(H,23,25)/t18-/m1/s1. The van der Waals surface area contributed by atoms with Crippen molar-refractivity contribution in [3.63, 3.8) is 0 Å². The molecule has 2 heterocycles. The van der Waals surface area contributed by atoms with Gasteiger partial charge in [-0.1, -0.05) is 12.1 Å². The van der Waals surface area contributed by atoms with Gasteiger partial charge in [0.2, 0.25) is 5.91 Å². The first-order valence-corrected chi connectivity index (χ1v) is 9.19. The molecule has 6 nitrogen and oxygen atoms in total. The summed E-state index contributed by atoms with van der Waals surface area (Å²) in [5, 5.41) is 3.04. The molecule has 3 rings (SSSR count). The van der Waals surface area contributed by atoms with Crippen molar-refractivity contribution in [2.45, 2.75) is 32.2 Å². The van der Waals surface area contributed by atoms with Crippen molar-refractivity contribution in [1.29, 1.82) is 0 Å². The van der Waals surface area contributed by atoms with Gasteiger partial charge in [-0.25, -0.2) is 0 Å². The number of likely N-dealkylation sites (tertiary alicyclic amines) is 1. The van der Waals surface area contributed by atoms with E-state index in [9.17, 15) is 9.59 Å². The number of hydrogen-bond donors (Lipinski definition) is 1. The van der Waals surface area contributed by atoms with Gasteiger partial charge in [0.15, 0.2) is 0 Å². The summed E-state index contributed by atoms with van der Waals surface area (Å²) in [5.41, 5.74) is 2.57. The number of hydrogen-bond acceptors (Lipinski definition) is 4. The number of carbonyl (C=O) groups excluding carboxylic acids is 2. The molecule has 2 amide bonds. The second-order valence-electron chi connectivity index (χ2n) is 6.84. The molecular weight excluding hydrogens is 342 g/mol. The first-order valence-electron chi connectivity index (χ1n) is 9.19. The van der Waals surface area contributed by atoms with Crippen LogP contribution in [-0.2, 0) is 11.2 Å². The Morgan fingerprint density at radius 2 is 2.00 bits per heavy atom. The van der Waals surface area contributed by atoms with Crippen LogP contribution in [-0.4, -0.2) is 47.9 Å². The Kier molecular flexibility index (Phi) is 6.06. The number of rotatable bonds is 6. The molecule has 2 aromatic rings. The number of ether oxygens (including phenoxy) is 1. The molecule has 0 radical (unpaired) electrons. The summed E-state index contributed by atoms with van der Waals surface area (Å²) < 4.78 is 5.14. The fourth-order valence-electron chi connectivity index (χ4n) is 3.19. The lowest BCUT2D eigenvalue weighted by Gasteiger charge is -2.17. The van der Waals surface area contributed by atoms with Gasteiger partial charge in [-0.2, -0.15) is 0 Å². The third kappa shape index (κ3) is 5.06. The molecule has 1 aliphatic heterocycles. The fourth-order valence-corrected chi connectivity index (χ4v) is 3.19. The lowest BCUT2D eigenvalue weighted by atomic mass is 10.1. The Morgan fingerprint density at radius 3 is 2.67 bits per heavy atom. The van der Waals surface area contributed by atoms with E-state index in [1.807, 2.05) is 37.3 Å². The van der Waals surface area contributed by atoms with Gasteiger partial charge in [-0.05, 0) is 49.6 Å². The minimum Gasteiger partial charge on any atom is -0.497 e. The summed E-state index contributed by atoms with van der Waals surface area (Å²) >= 11 is 0. The third-order valence-electron chi connectivity index (χ3n) is 4.80. The van der Waals surface area contributed by atoms with E-state index < -0.39 is 0 Å². The molecule has 27 heavy (non-hydrogen) atoms. The van der Waals surface area contributed by atoms with E-state index in [4.69, 9.17) is 4.74 Å². The number of nitrogens with one attached hydrogen (secondary N) is 1. The minimum atomic E-state index is -0.0301. The zero-order valence-electron chi connectivity index (χ0n) is 15.8. The average molecular weight is 367 g/mol. The molecule has 1 fully saturated rings. The van der Waals surface area contributed by atoms with Gasteiger partial charge in [0, 0.05) is 37.4 Å². The maximum Gasteiger partial charge on any atom is 0.255 e. The fraction of sp³-hybridized carbons (Fsp3) is 0.381. The second-order valence-corrected chi connectivity index (χ2v) is 6.84. The topological polar surface area (TPSA) is 71.5 Å². The minimum absolute atomic E-state index is 0.00993. The Bertz CT molecular complexity index is 787. The highest BCUT2D eigenvalue weighted by atomic mass is 16.5. The largest absolute Gasteiger partial charge is 0.497 e. The van der Waals surface area contributed by atoms with Crippen LogP contribution in [0, 0.1) is 6.92 Å². The Balaban J connectivity index is 1.45. The maximum atomic E-state index is 12.5. The molecule has 1 atom stereocenters. The Labute approximate surface area is 159 Å². The van der Waals surface area contributed by atoms with Crippen molar-refractivity contribution in [1.82, 2.24) is 15.2 Å². The predicted octanol–water partition coefficient (Wildman–Crippen LogP) is 2.36. The molecular formula is C21H25N3O3. The normalized spacial score (nSPS) is 16.2. The van der Waals surface area contributed by atoms with Gasteiger partial charge in [-0.3, -0.25) is 14.6 Å².